The zero-order valence-corrected chi connectivity index (χ0v) is 10.9. The van der Waals surface area contributed by atoms with Gasteiger partial charge in [0, 0.05) is 11.6 Å². The van der Waals surface area contributed by atoms with Gasteiger partial charge in [-0.1, -0.05) is 25.0 Å². The van der Waals surface area contributed by atoms with Crippen LogP contribution in [0.4, 0.5) is 0 Å². The molecule has 0 unspecified atom stereocenters. The fourth-order valence-corrected chi connectivity index (χ4v) is 2.40. The Morgan fingerprint density at radius 1 is 1.39 bits per heavy atom. The molecule has 0 aliphatic heterocycles. The highest BCUT2D eigenvalue weighted by Crippen LogP contribution is 2.18. The molecule has 1 aliphatic carbocycles. The zero-order chi connectivity index (χ0) is 12.8. The number of nitrogens with one attached hydrogen (secondary N) is 1. The van der Waals surface area contributed by atoms with Crippen molar-refractivity contribution in [3.05, 3.63) is 29.8 Å². The molecule has 0 saturated heterocycles. The number of ether oxygens (including phenoxy) is 1. The Hall–Kier alpha value is -1.35. The van der Waals surface area contributed by atoms with Crippen LogP contribution in [-0.4, -0.2) is 25.0 Å². The lowest BCUT2D eigenvalue weighted by molar-refractivity contribution is 0.0987. The quantitative estimate of drug-likeness (QED) is 0.786. The van der Waals surface area contributed by atoms with Crippen molar-refractivity contribution in [1.82, 2.24) is 5.32 Å². The molecule has 18 heavy (non-hydrogen) atoms. The molecule has 0 atom stereocenters. The number of hydrogen-bond donors (Lipinski definition) is 1. The zero-order valence-electron chi connectivity index (χ0n) is 10.9. The van der Waals surface area contributed by atoms with E-state index in [1.807, 2.05) is 31.2 Å². The van der Waals surface area contributed by atoms with Gasteiger partial charge in [-0.15, -0.1) is 0 Å². The van der Waals surface area contributed by atoms with Crippen molar-refractivity contribution < 1.29 is 9.53 Å². The number of hydrogen-bond acceptors (Lipinski definition) is 3. The Labute approximate surface area is 109 Å². The van der Waals surface area contributed by atoms with Crippen molar-refractivity contribution in [2.24, 2.45) is 0 Å². The van der Waals surface area contributed by atoms with E-state index in [4.69, 9.17) is 4.74 Å². The number of Topliss-reactive ketones (excluding diaryl/α,β-unsaturated/α-hetero) is 1. The summed E-state index contributed by atoms with van der Waals surface area (Å²) in [5, 5.41) is 3.34. The minimum Gasteiger partial charge on any atom is -0.494 e. The molecule has 1 N–H and O–H groups in total. The number of benzene rings is 1. The molecule has 1 aliphatic rings. The van der Waals surface area contributed by atoms with Crippen LogP contribution in [0.2, 0.25) is 0 Å². The molecule has 0 heterocycles. The maximum absolute atomic E-state index is 12.0. The Bertz CT molecular complexity index is 397. The van der Waals surface area contributed by atoms with E-state index in [0.29, 0.717) is 19.2 Å². The predicted octanol–water partition coefficient (Wildman–Crippen LogP) is 2.80. The molecule has 0 aromatic heterocycles. The van der Waals surface area contributed by atoms with Gasteiger partial charge in [-0.05, 0) is 31.9 Å². The highest BCUT2D eigenvalue weighted by Gasteiger charge is 2.15. The third-order valence-electron chi connectivity index (χ3n) is 3.37. The minimum atomic E-state index is 0.142. The monoisotopic (exact) mass is 247 g/mol. The van der Waals surface area contributed by atoms with Gasteiger partial charge in [-0.2, -0.15) is 0 Å². The third kappa shape index (κ3) is 3.57. The Balaban J connectivity index is 1.89. The van der Waals surface area contributed by atoms with E-state index >= 15 is 0 Å². The van der Waals surface area contributed by atoms with Crippen LogP contribution in [-0.2, 0) is 0 Å². The van der Waals surface area contributed by atoms with Crippen molar-refractivity contribution in [1.29, 1.82) is 0 Å². The van der Waals surface area contributed by atoms with Crippen LogP contribution in [0.3, 0.4) is 0 Å². The van der Waals surface area contributed by atoms with Crippen molar-refractivity contribution in [3.8, 4) is 5.75 Å². The van der Waals surface area contributed by atoms with E-state index in [1.165, 1.54) is 25.7 Å². The molecule has 1 aromatic carbocycles. The number of carbonyl (C=O) groups excluding carboxylic acids is 1. The summed E-state index contributed by atoms with van der Waals surface area (Å²) in [5.41, 5.74) is 0.728. The van der Waals surface area contributed by atoms with Crippen LogP contribution >= 0.6 is 0 Å². The maximum atomic E-state index is 12.0. The number of carbonyl (C=O) groups is 1. The van der Waals surface area contributed by atoms with Gasteiger partial charge in [0.15, 0.2) is 5.78 Å². The van der Waals surface area contributed by atoms with Gasteiger partial charge in [0.05, 0.1) is 13.2 Å². The van der Waals surface area contributed by atoms with Crippen molar-refractivity contribution in [2.45, 2.75) is 38.6 Å². The summed E-state index contributed by atoms with van der Waals surface area (Å²) >= 11 is 0. The molecule has 0 bridgehead atoms. The van der Waals surface area contributed by atoms with E-state index in [-0.39, 0.29) is 5.78 Å². The lowest BCUT2D eigenvalue weighted by Crippen LogP contribution is -2.31. The molecule has 1 saturated carbocycles. The van der Waals surface area contributed by atoms with Gasteiger partial charge in [0.1, 0.15) is 5.75 Å². The molecule has 3 heteroatoms. The highest BCUT2D eigenvalue weighted by molar-refractivity contribution is 5.97. The van der Waals surface area contributed by atoms with Crippen molar-refractivity contribution >= 4 is 5.78 Å². The van der Waals surface area contributed by atoms with Crippen molar-refractivity contribution in [3.63, 3.8) is 0 Å². The van der Waals surface area contributed by atoms with Crippen molar-refractivity contribution in [2.75, 3.05) is 13.2 Å². The highest BCUT2D eigenvalue weighted by atomic mass is 16.5. The summed E-state index contributed by atoms with van der Waals surface area (Å²) in [4.78, 5) is 12.0. The average Bonchev–Trinajstić information content (AvgIpc) is 2.90. The topological polar surface area (TPSA) is 38.3 Å². The summed E-state index contributed by atoms with van der Waals surface area (Å²) < 4.78 is 5.40. The fourth-order valence-electron chi connectivity index (χ4n) is 2.40. The average molecular weight is 247 g/mol. The van der Waals surface area contributed by atoms with E-state index in [9.17, 15) is 4.79 Å². The molecule has 1 aromatic rings. The second kappa shape index (κ2) is 6.55. The molecule has 2 rings (SSSR count). The second-order valence-electron chi connectivity index (χ2n) is 4.75. The standard InChI is InChI=1S/C15H21NO2/c1-2-18-14-9-5-6-12(10-14)15(17)11-16-13-7-3-4-8-13/h5-6,9-10,13,16H,2-4,7-8,11H2,1H3. The molecule has 3 nitrogen and oxygen atoms in total. The van der Waals surface area contributed by atoms with Crippen LogP contribution in [0.15, 0.2) is 24.3 Å². The largest absolute Gasteiger partial charge is 0.494 e. The molecular weight excluding hydrogens is 226 g/mol. The van der Waals surface area contributed by atoms with Crippen LogP contribution in [0.25, 0.3) is 0 Å². The summed E-state index contributed by atoms with van der Waals surface area (Å²) in [5.74, 6) is 0.910. The molecule has 1 fully saturated rings. The summed E-state index contributed by atoms with van der Waals surface area (Å²) in [6.45, 7) is 2.99. The normalized spacial score (nSPS) is 15.8. The molecule has 0 amide bonds. The SMILES string of the molecule is CCOc1cccc(C(=O)CNC2CCCC2)c1. The van der Waals surface area contributed by atoms with Crippen LogP contribution < -0.4 is 10.1 Å². The van der Waals surface area contributed by atoms with Gasteiger partial charge < -0.3 is 10.1 Å². The Morgan fingerprint density at radius 2 is 2.17 bits per heavy atom. The van der Waals surface area contributed by atoms with Gasteiger partial charge in [0.25, 0.3) is 0 Å². The first-order chi connectivity index (χ1) is 8.79. The van der Waals surface area contributed by atoms with Gasteiger partial charge in [0.2, 0.25) is 0 Å². The predicted molar refractivity (Wildman–Crippen MR) is 72.2 cm³/mol. The summed E-state index contributed by atoms with van der Waals surface area (Å²) in [6, 6.07) is 7.95. The first-order valence-corrected chi connectivity index (χ1v) is 6.79. The van der Waals surface area contributed by atoms with Crippen LogP contribution in [0, 0.1) is 0 Å². The first-order valence-electron chi connectivity index (χ1n) is 6.79. The first kappa shape index (κ1) is 13.1. The number of ketones is 1. The van der Waals surface area contributed by atoms with E-state index in [2.05, 4.69) is 5.32 Å². The van der Waals surface area contributed by atoms with Crippen LogP contribution in [0.5, 0.6) is 5.75 Å². The smallest absolute Gasteiger partial charge is 0.176 e. The fraction of sp³-hybridized carbons (Fsp3) is 0.533. The Kier molecular flexibility index (Phi) is 4.76. The van der Waals surface area contributed by atoms with Gasteiger partial charge >= 0.3 is 0 Å². The lowest BCUT2D eigenvalue weighted by atomic mass is 10.1. The maximum Gasteiger partial charge on any atom is 0.176 e. The minimum absolute atomic E-state index is 0.142. The molecular formula is C15H21NO2. The molecule has 0 spiro atoms. The molecule has 0 radical (unpaired) electrons. The van der Waals surface area contributed by atoms with Gasteiger partial charge in [-0.3, -0.25) is 4.79 Å². The summed E-state index contributed by atoms with van der Waals surface area (Å²) in [7, 11) is 0. The summed E-state index contributed by atoms with van der Waals surface area (Å²) in [6.07, 6.45) is 4.97. The van der Waals surface area contributed by atoms with E-state index in [0.717, 1.165) is 11.3 Å². The lowest BCUT2D eigenvalue weighted by Gasteiger charge is -2.11. The number of rotatable bonds is 6. The van der Waals surface area contributed by atoms with E-state index < -0.39 is 0 Å². The Morgan fingerprint density at radius 3 is 2.89 bits per heavy atom. The van der Waals surface area contributed by atoms with Gasteiger partial charge in [-0.25, -0.2) is 0 Å². The van der Waals surface area contributed by atoms with E-state index in [1.54, 1.807) is 0 Å². The van der Waals surface area contributed by atoms with Crippen LogP contribution in [0.1, 0.15) is 43.0 Å². The molecule has 98 valence electrons. The third-order valence-corrected chi connectivity index (χ3v) is 3.37. The second-order valence-corrected chi connectivity index (χ2v) is 4.75.